The van der Waals surface area contributed by atoms with Crippen molar-refractivity contribution in [1.29, 1.82) is 0 Å². The van der Waals surface area contributed by atoms with E-state index in [1.165, 1.54) is 0 Å². The summed E-state index contributed by atoms with van der Waals surface area (Å²) in [5, 5.41) is 0.294. The van der Waals surface area contributed by atoms with E-state index >= 15 is 0 Å². The SMILES string of the molecule is [2H]c1c([2H])c([2H])c([C@@H]2C[C@H](Cl)c3cc(Cl)ccc32)c([2H])c1[2H]. The van der Waals surface area contributed by atoms with Gasteiger partial charge in [-0.15, -0.1) is 11.6 Å². The lowest BCUT2D eigenvalue weighted by Crippen LogP contribution is -1.95. The number of benzene rings is 2. The first-order valence-electron chi connectivity index (χ1n) is 7.83. The Morgan fingerprint density at radius 2 is 1.88 bits per heavy atom. The molecule has 2 heteroatoms. The molecule has 2 aromatic carbocycles. The maximum atomic E-state index is 8.11. The zero-order valence-corrected chi connectivity index (χ0v) is 10.4. The molecule has 1 aliphatic rings. The quantitative estimate of drug-likeness (QED) is 0.627. The maximum absolute atomic E-state index is 8.11. The molecular formula is C15H12Cl2. The summed E-state index contributed by atoms with van der Waals surface area (Å²) in [6.45, 7) is 0. The Morgan fingerprint density at radius 1 is 1.12 bits per heavy atom. The molecule has 0 unspecified atom stereocenters. The van der Waals surface area contributed by atoms with E-state index in [1.54, 1.807) is 12.1 Å². The van der Waals surface area contributed by atoms with Gasteiger partial charge in [0.25, 0.3) is 0 Å². The van der Waals surface area contributed by atoms with Crippen molar-refractivity contribution in [1.82, 2.24) is 0 Å². The second-order valence-electron chi connectivity index (χ2n) is 4.07. The predicted octanol–water partition coefficient (Wildman–Crippen LogP) is 5.16. The van der Waals surface area contributed by atoms with Gasteiger partial charge in [0.1, 0.15) is 0 Å². The smallest absolute Gasteiger partial charge is 0.0626 e. The summed E-state index contributed by atoms with van der Waals surface area (Å²) in [6.07, 6.45) is 0.491. The highest BCUT2D eigenvalue weighted by Gasteiger charge is 2.30. The van der Waals surface area contributed by atoms with E-state index < -0.39 is 0 Å². The third-order valence-corrected chi connectivity index (χ3v) is 3.72. The van der Waals surface area contributed by atoms with Gasteiger partial charge in [-0.25, -0.2) is 0 Å². The van der Waals surface area contributed by atoms with Crippen LogP contribution in [0.5, 0.6) is 0 Å². The number of hydrogen-bond donors (Lipinski definition) is 0. The number of rotatable bonds is 1. The van der Waals surface area contributed by atoms with E-state index in [9.17, 15) is 0 Å². The average molecular weight is 268 g/mol. The normalized spacial score (nSPS) is 26.6. The Balaban J connectivity index is 2.23. The largest absolute Gasteiger partial charge is 0.118 e. The standard InChI is InChI=1S/C15H12Cl2/c16-11-6-7-12-13(9-15(17)14(12)8-11)10-4-2-1-3-5-10/h1-8,13,15H,9H2/t13-,15-/m0/s1/i1D,2D,3D,4D,5D. The lowest BCUT2D eigenvalue weighted by molar-refractivity contribution is 0.771. The molecular weight excluding hydrogens is 251 g/mol. The Bertz CT molecular complexity index is 746. The second-order valence-corrected chi connectivity index (χ2v) is 5.03. The van der Waals surface area contributed by atoms with Crippen molar-refractivity contribution in [2.75, 3.05) is 0 Å². The van der Waals surface area contributed by atoms with Gasteiger partial charge in [-0.2, -0.15) is 0 Å². The average Bonchev–Trinajstić information content (AvgIpc) is 2.80. The number of alkyl halides is 1. The summed E-state index contributed by atoms with van der Waals surface area (Å²) < 4.78 is 39.5. The van der Waals surface area contributed by atoms with Crippen LogP contribution in [0.25, 0.3) is 0 Å². The summed E-state index contributed by atoms with van der Waals surface area (Å²) in [5.41, 5.74) is 2.05. The molecule has 0 N–H and O–H groups in total. The summed E-state index contributed by atoms with van der Waals surface area (Å²) in [5.74, 6) is -0.316. The van der Waals surface area contributed by atoms with Crippen LogP contribution in [0, 0.1) is 0 Å². The molecule has 0 nitrogen and oxygen atoms in total. The summed E-state index contributed by atoms with van der Waals surface area (Å²) in [7, 11) is 0. The summed E-state index contributed by atoms with van der Waals surface area (Å²) >= 11 is 12.4. The van der Waals surface area contributed by atoms with Crippen LogP contribution < -0.4 is 0 Å². The van der Waals surface area contributed by atoms with Gasteiger partial charge in [-0.05, 0) is 35.2 Å². The van der Waals surface area contributed by atoms with Gasteiger partial charge in [0.15, 0.2) is 0 Å². The third-order valence-electron chi connectivity index (χ3n) is 3.07. The van der Waals surface area contributed by atoms with Crippen LogP contribution in [0.2, 0.25) is 5.02 Å². The minimum absolute atomic E-state index is 0.164. The lowest BCUT2D eigenvalue weighted by Gasteiger charge is -2.11. The first-order valence-corrected chi connectivity index (χ1v) is 6.14. The molecule has 0 spiro atoms. The van der Waals surface area contributed by atoms with Gasteiger partial charge in [0.05, 0.1) is 12.2 Å². The lowest BCUT2D eigenvalue weighted by atomic mass is 9.93. The molecule has 3 rings (SSSR count). The number of hydrogen-bond acceptors (Lipinski definition) is 0. The van der Waals surface area contributed by atoms with Crippen molar-refractivity contribution in [3.8, 4) is 0 Å². The van der Waals surface area contributed by atoms with E-state index in [1.807, 2.05) is 6.07 Å². The summed E-state index contributed by atoms with van der Waals surface area (Å²) in [6, 6.07) is 4.00. The van der Waals surface area contributed by atoms with Crippen molar-refractivity contribution in [2.24, 2.45) is 0 Å². The van der Waals surface area contributed by atoms with Crippen LogP contribution in [-0.4, -0.2) is 0 Å². The van der Waals surface area contributed by atoms with E-state index in [-0.39, 0.29) is 41.5 Å². The Hall–Kier alpha value is -0.980. The zero-order chi connectivity index (χ0) is 16.2. The maximum Gasteiger partial charge on any atom is 0.0626 e. The van der Waals surface area contributed by atoms with Crippen LogP contribution in [0.1, 0.15) is 41.3 Å². The Kier molecular flexibility index (Phi) is 1.75. The minimum Gasteiger partial charge on any atom is -0.118 e. The van der Waals surface area contributed by atoms with Crippen LogP contribution in [0.15, 0.2) is 48.4 Å². The van der Waals surface area contributed by atoms with E-state index in [0.717, 1.165) is 11.1 Å². The highest BCUT2D eigenvalue weighted by Crippen LogP contribution is 2.47. The number of halogens is 2. The summed E-state index contributed by atoms with van der Waals surface area (Å²) in [4.78, 5) is 0. The molecule has 0 aliphatic heterocycles. The highest BCUT2D eigenvalue weighted by molar-refractivity contribution is 6.31. The van der Waals surface area contributed by atoms with Crippen LogP contribution in [0.4, 0.5) is 0 Å². The van der Waals surface area contributed by atoms with Crippen molar-refractivity contribution >= 4 is 23.2 Å². The molecule has 0 aromatic heterocycles. The molecule has 0 amide bonds. The molecule has 2 aromatic rings. The van der Waals surface area contributed by atoms with E-state index in [2.05, 4.69) is 0 Å². The Morgan fingerprint density at radius 3 is 2.65 bits per heavy atom. The molecule has 0 bridgehead atoms. The van der Waals surface area contributed by atoms with Gasteiger partial charge >= 0.3 is 0 Å². The van der Waals surface area contributed by atoms with Crippen molar-refractivity contribution in [3.05, 3.63) is 70.1 Å². The van der Waals surface area contributed by atoms with Gasteiger partial charge < -0.3 is 0 Å². The van der Waals surface area contributed by atoms with E-state index in [0.29, 0.717) is 17.0 Å². The van der Waals surface area contributed by atoms with Crippen LogP contribution in [0.3, 0.4) is 0 Å². The zero-order valence-electron chi connectivity index (χ0n) is 13.8. The fourth-order valence-electron chi connectivity index (χ4n) is 2.30. The molecule has 0 saturated carbocycles. The van der Waals surface area contributed by atoms with Gasteiger partial charge in [-0.1, -0.05) is 47.9 Å². The molecule has 2 atom stereocenters. The fourth-order valence-corrected chi connectivity index (χ4v) is 2.85. The van der Waals surface area contributed by atoms with Gasteiger partial charge in [0.2, 0.25) is 0 Å². The molecule has 0 fully saturated rings. The first-order chi connectivity index (χ1) is 10.3. The van der Waals surface area contributed by atoms with Gasteiger partial charge in [0, 0.05) is 10.9 Å². The van der Waals surface area contributed by atoms with Crippen molar-refractivity contribution in [3.63, 3.8) is 0 Å². The Labute approximate surface area is 118 Å². The van der Waals surface area contributed by atoms with Crippen LogP contribution >= 0.6 is 23.2 Å². The van der Waals surface area contributed by atoms with Crippen molar-refractivity contribution < 1.29 is 6.85 Å². The number of fused-ring (bicyclic) bond motifs is 1. The molecule has 0 saturated heterocycles. The van der Waals surface area contributed by atoms with E-state index in [4.69, 9.17) is 30.1 Å². The van der Waals surface area contributed by atoms with Gasteiger partial charge in [-0.3, -0.25) is 0 Å². The molecule has 0 heterocycles. The monoisotopic (exact) mass is 267 g/mol. The topological polar surface area (TPSA) is 0 Å². The molecule has 17 heavy (non-hydrogen) atoms. The fraction of sp³-hybridized carbons (Fsp3) is 0.200. The first kappa shape index (κ1) is 6.82. The minimum atomic E-state index is -0.379. The highest BCUT2D eigenvalue weighted by atomic mass is 35.5. The molecule has 1 aliphatic carbocycles. The third kappa shape index (κ3) is 1.96. The van der Waals surface area contributed by atoms with Crippen molar-refractivity contribution in [2.45, 2.75) is 17.7 Å². The predicted molar refractivity (Wildman–Crippen MR) is 72.9 cm³/mol. The second kappa shape index (κ2) is 4.36. The molecule has 86 valence electrons. The van der Waals surface area contributed by atoms with Crippen LogP contribution in [-0.2, 0) is 0 Å². The molecule has 0 radical (unpaired) electrons.